The van der Waals surface area contributed by atoms with E-state index in [-0.39, 0.29) is 0 Å². The van der Waals surface area contributed by atoms with Crippen molar-refractivity contribution in [2.24, 2.45) is 0 Å². The second-order valence-electron chi connectivity index (χ2n) is 5.10. The van der Waals surface area contributed by atoms with Gasteiger partial charge < -0.3 is 10.2 Å². The number of nitrogens with one attached hydrogen (secondary N) is 1. The Bertz CT molecular complexity index is 623. The largest absolute Gasteiger partial charge is 0.312 e. The van der Waals surface area contributed by atoms with Crippen LogP contribution in [-0.2, 0) is 19.4 Å². The molecule has 1 N–H and O–H groups in total. The minimum absolute atomic E-state index is 0.852. The summed E-state index contributed by atoms with van der Waals surface area (Å²) in [5.41, 5.74) is 5.09. The summed E-state index contributed by atoms with van der Waals surface area (Å²) in [6, 6.07) is 8.53. The fourth-order valence-corrected chi connectivity index (χ4v) is 2.90. The van der Waals surface area contributed by atoms with Crippen molar-refractivity contribution in [3.8, 4) is 0 Å². The lowest BCUT2D eigenvalue weighted by atomic mass is 10.1. The van der Waals surface area contributed by atoms with E-state index in [4.69, 9.17) is 4.98 Å². The van der Waals surface area contributed by atoms with E-state index in [9.17, 15) is 0 Å². The molecule has 0 bridgehead atoms. The standard InChI is InChI=1S/C15H16N4/c1-2-4-14-11(3-1)6-8-19(14)15-17-10-12-9-16-7-5-13(12)18-15/h1-4,10,16H,5-9H2. The summed E-state index contributed by atoms with van der Waals surface area (Å²) >= 11 is 0. The molecule has 0 amide bonds. The van der Waals surface area contributed by atoms with Crippen LogP contribution in [0.25, 0.3) is 0 Å². The second kappa shape index (κ2) is 4.31. The van der Waals surface area contributed by atoms with Crippen molar-refractivity contribution in [2.75, 3.05) is 18.0 Å². The fraction of sp³-hybridized carbons (Fsp3) is 0.333. The SMILES string of the molecule is c1ccc2c(c1)CCN2c1ncc2c(n1)CCNC2. The second-order valence-corrected chi connectivity index (χ2v) is 5.10. The lowest BCUT2D eigenvalue weighted by molar-refractivity contribution is 0.625. The highest BCUT2D eigenvalue weighted by molar-refractivity contribution is 5.65. The molecule has 0 saturated carbocycles. The van der Waals surface area contributed by atoms with Gasteiger partial charge in [0.05, 0.1) is 5.69 Å². The molecule has 1 aromatic carbocycles. The first-order valence-corrected chi connectivity index (χ1v) is 6.83. The zero-order valence-corrected chi connectivity index (χ0v) is 10.8. The Hall–Kier alpha value is -1.94. The van der Waals surface area contributed by atoms with Gasteiger partial charge in [0.15, 0.2) is 0 Å². The molecule has 0 aliphatic carbocycles. The lowest BCUT2D eigenvalue weighted by Gasteiger charge is -2.21. The van der Waals surface area contributed by atoms with Crippen LogP contribution in [0.5, 0.6) is 0 Å². The molecule has 3 heterocycles. The number of nitrogens with zero attached hydrogens (tertiary/aromatic N) is 3. The molecule has 0 spiro atoms. The Morgan fingerprint density at radius 2 is 2.05 bits per heavy atom. The predicted octanol–water partition coefficient (Wildman–Crippen LogP) is 1.82. The van der Waals surface area contributed by atoms with Gasteiger partial charge in [-0.05, 0) is 18.1 Å². The zero-order valence-electron chi connectivity index (χ0n) is 10.8. The van der Waals surface area contributed by atoms with Crippen LogP contribution < -0.4 is 10.2 Å². The monoisotopic (exact) mass is 252 g/mol. The van der Waals surface area contributed by atoms with Crippen LogP contribution >= 0.6 is 0 Å². The van der Waals surface area contributed by atoms with Crippen LogP contribution in [0, 0.1) is 0 Å². The molecule has 96 valence electrons. The van der Waals surface area contributed by atoms with E-state index in [0.717, 1.165) is 38.4 Å². The summed E-state index contributed by atoms with van der Waals surface area (Å²) in [7, 11) is 0. The van der Waals surface area contributed by atoms with E-state index in [1.165, 1.54) is 22.5 Å². The van der Waals surface area contributed by atoms with Gasteiger partial charge in [-0.25, -0.2) is 9.97 Å². The first-order chi connectivity index (χ1) is 9.42. The summed E-state index contributed by atoms with van der Waals surface area (Å²) < 4.78 is 0. The lowest BCUT2D eigenvalue weighted by Crippen LogP contribution is -2.26. The van der Waals surface area contributed by atoms with E-state index in [2.05, 4.69) is 39.5 Å². The van der Waals surface area contributed by atoms with Crippen molar-refractivity contribution in [3.05, 3.63) is 47.3 Å². The smallest absolute Gasteiger partial charge is 0.230 e. The van der Waals surface area contributed by atoms with Gasteiger partial charge in [-0.1, -0.05) is 18.2 Å². The van der Waals surface area contributed by atoms with Crippen molar-refractivity contribution in [2.45, 2.75) is 19.4 Å². The van der Waals surface area contributed by atoms with E-state index in [0.29, 0.717) is 0 Å². The van der Waals surface area contributed by atoms with Gasteiger partial charge in [0.1, 0.15) is 0 Å². The quantitative estimate of drug-likeness (QED) is 0.840. The number of anilines is 2. The molecule has 0 saturated heterocycles. The van der Waals surface area contributed by atoms with Gasteiger partial charge in [0.25, 0.3) is 0 Å². The average Bonchev–Trinajstić information content (AvgIpc) is 2.91. The Balaban J connectivity index is 1.74. The molecule has 2 aromatic rings. The molecule has 4 heteroatoms. The van der Waals surface area contributed by atoms with Gasteiger partial charge in [0, 0.05) is 43.5 Å². The number of para-hydroxylation sites is 1. The third kappa shape index (κ3) is 1.79. The molecule has 2 aliphatic rings. The highest BCUT2D eigenvalue weighted by atomic mass is 15.3. The van der Waals surface area contributed by atoms with E-state index >= 15 is 0 Å². The topological polar surface area (TPSA) is 41.1 Å². The van der Waals surface area contributed by atoms with Crippen LogP contribution in [0.1, 0.15) is 16.8 Å². The molecule has 0 fully saturated rings. The number of rotatable bonds is 1. The maximum atomic E-state index is 4.77. The van der Waals surface area contributed by atoms with Crippen molar-refractivity contribution >= 4 is 11.6 Å². The Morgan fingerprint density at radius 3 is 3.05 bits per heavy atom. The van der Waals surface area contributed by atoms with Crippen LogP contribution in [-0.4, -0.2) is 23.1 Å². The van der Waals surface area contributed by atoms with Gasteiger partial charge in [-0.3, -0.25) is 0 Å². The number of hydrogen-bond acceptors (Lipinski definition) is 4. The third-order valence-corrected chi connectivity index (χ3v) is 3.92. The van der Waals surface area contributed by atoms with Gasteiger partial charge in [-0.2, -0.15) is 0 Å². The predicted molar refractivity (Wildman–Crippen MR) is 74.6 cm³/mol. The molecular formula is C15H16N4. The summed E-state index contributed by atoms with van der Waals surface area (Å²) in [4.78, 5) is 11.6. The molecule has 2 aliphatic heterocycles. The van der Waals surface area contributed by atoms with Crippen molar-refractivity contribution in [1.82, 2.24) is 15.3 Å². The van der Waals surface area contributed by atoms with Crippen LogP contribution in [0.3, 0.4) is 0 Å². The molecule has 19 heavy (non-hydrogen) atoms. The summed E-state index contributed by atoms with van der Waals surface area (Å²) in [6.45, 7) is 2.89. The number of aromatic nitrogens is 2. The van der Waals surface area contributed by atoms with Gasteiger partial charge in [0.2, 0.25) is 5.95 Å². The normalized spacial score (nSPS) is 17.2. The highest BCUT2D eigenvalue weighted by Gasteiger charge is 2.23. The molecule has 0 atom stereocenters. The summed E-state index contributed by atoms with van der Waals surface area (Å²) in [6.07, 6.45) is 4.06. The van der Waals surface area contributed by atoms with Crippen molar-refractivity contribution in [3.63, 3.8) is 0 Å². The first-order valence-electron chi connectivity index (χ1n) is 6.83. The van der Waals surface area contributed by atoms with Crippen molar-refractivity contribution in [1.29, 1.82) is 0 Å². The van der Waals surface area contributed by atoms with Crippen LogP contribution in [0.15, 0.2) is 30.5 Å². The average molecular weight is 252 g/mol. The molecule has 0 radical (unpaired) electrons. The van der Waals surface area contributed by atoms with E-state index in [1.807, 2.05) is 6.20 Å². The van der Waals surface area contributed by atoms with Crippen LogP contribution in [0.2, 0.25) is 0 Å². The molecule has 0 unspecified atom stereocenters. The molecule has 4 rings (SSSR count). The Morgan fingerprint density at radius 1 is 1.11 bits per heavy atom. The minimum Gasteiger partial charge on any atom is -0.312 e. The number of benzene rings is 1. The zero-order chi connectivity index (χ0) is 12.7. The third-order valence-electron chi connectivity index (χ3n) is 3.92. The first kappa shape index (κ1) is 10.9. The van der Waals surface area contributed by atoms with E-state index in [1.54, 1.807) is 0 Å². The van der Waals surface area contributed by atoms with E-state index < -0.39 is 0 Å². The maximum absolute atomic E-state index is 4.77. The minimum atomic E-state index is 0.852. The number of fused-ring (bicyclic) bond motifs is 2. The number of hydrogen-bond donors (Lipinski definition) is 1. The van der Waals surface area contributed by atoms with Gasteiger partial charge in [-0.15, -0.1) is 0 Å². The summed E-state index contributed by atoms with van der Waals surface area (Å²) in [5, 5.41) is 3.35. The van der Waals surface area contributed by atoms with Crippen LogP contribution in [0.4, 0.5) is 11.6 Å². The molecule has 4 nitrogen and oxygen atoms in total. The summed E-state index contributed by atoms with van der Waals surface area (Å²) in [5.74, 6) is 0.852. The Labute approximate surface area is 112 Å². The molecular weight excluding hydrogens is 236 g/mol. The Kier molecular flexibility index (Phi) is 2.48. The maximum Gasteiger partial charge on any atom is 0.230 e. The van der Waals surface area contributed by atoms with Crippen molar-refractivity contribution < 1.29 is 0 Å². The van der Waals surface area contributed by atoms with Gasteiger partial charge >= 0.3 is 0 Å². The fourth-order valence-electron chi connectivity index (χ4n) is 2.90. The highest BCUT2D eigenvalue weighted by Crippen LogP contribution is 2.32. The molecule has 1 aromatic heterocycles.